The standard InChI is InChI=1S/C15H20N4O3/c1-11-12(7-16)3-4-13(18-11)14(21)17-8-15(9-20)10-22-6-5-19(15)2/h3-4,20H,5-6,8-10H2,1-2H3,(H,17,21). The average Bonchev–Trinajstić information content (AvgIpc) is 2.54. The summed E-state index contributed by atoms with van der Waals surface area (Å²) in [5.41, 5.74) is 0.605. The van der Waals surface area contributed by atoms with Gasteiger partial charge in [0.1, 0.15) is 11.8 Å². The van der Waals surface area contributed by atoms with Crippen LogP contribution in [0.25, 0.3) is 0 Å². The lowest BCUT2D eigenvalue weighted by molar-refractivity contribution is -0.0772. The first-order valence-electron chi connectivity index (χ1n) is 7.08. The van der Waals surface area contributed by atoms with Gasteiger partial charge in [-0.15, -0.1) is 0 Å². The quantitative estimate of drug-likeness (QED) is 0.791. The minimum Gasteiger partial charge on any atom is -0.394 e. The molecule has 0 saturated carbocycles. The predicted octanol–water partition coefficient (Wildman–Crippen LogP) is -0.315. The summed E-state index contributed by atoms with van der Waals surface area (Å²) in [6, 6.07) is 5.12. The van der Waals surface area contributed by atoms with Crippen LogP contribution in [0.4, 0.5) is 0 Å². The van der Waals surface area contributed by atoms with Gasteiger partial charge in [0, 0.05) is 13.1 Å². The average molecular weight is 304 g/mol. The maximum Gasteiger partial charge on any atom is 0.269 e. The number of nitrogens with one attached hydrogen (secondary N) is 1. The normalized spacial score (nSPS) is 22.1. The number of morpholine rings is 1. The highest BCUT2D eigenvalue weighted by atomic mass is 16.5. The van der Waals surface area contributed by atoms with Gasteiger partial charge in [0.15, 0.2) is 0 Å². The second kappa shape index (κ2) is 6.83. The molecule has 2 rings (SSSR count). The number of aryl methyl sites for hydroxylation is 1. The number of aromatic nitrogens is 1. The van der Waals surface area contributed by atoms with Gasteiger partial charge in [0.25, 0.3) is 5.91 Å². The zero-order chi connectivity index (χ0) is 16.2. The number of carbonyl (C=O) groups excluding carboxylic acids is 1. The molecule has 2 N–H and O–H groups in total. The topological polar surface area (TPSA) is 98.5 Å². The first-order valence-corrected chi connectivity index (χ1v) is 7.08. The maximum atomic E-state index is 12.2. The predicted molar refractivity (Wildman–Crippen MR) is 79.3 cm³/mol. The molecule has 1 amide bonds. The molecule has 1 aliphatic rings. The molecule has 7 heteroatoms. The Labute approximate surface area is 129 Å². The highest BCUT2D eigenvalue weighted by Crippen LogP contribution is 2.17. The maximum absolute atomic E-state index is 12.2. The smallest absolute Gasteiger partial charge is 0.269 e. The Morgan fingerprint density at radius 2 is 2.41 bits per heavy atom. The van der Waals surface area contributed by atoms with Gasteiger partial charge in [0.2, 0.25) is 0 Å². The SMILES string of the molecule is Cc1nc(C(=O)NCC2(CO)COCCN2C)ccc1C#N. The largest absolute Gasteiger partial charge is 0.394 e. The Bertz CT molecular complexity index is 599. The van der Waals surface area contributed by atoms with Crippen molar-refractivity contribution < 1.29 is 14.6 Å². The third-order valence-corrected chi connectivity index (χ3v) is 4.06. The molecule has 118 valence electrons. The van der Waals surface area contributed by atoms with Gasteiger partial charge in [-0.2, -0.15) is 5.26 Å². The summed E-state index contributed by atoms with van der Waals surface area (Å²) < 4.78 is 5.43. The van der Waals surface area contributed by atoms with Crippen LogP contribution in [-0.2, 0) is 4.74 Å². The van der Waals surface area contributed by atoms with Crippen molar-refractivity contribution in [2.75, 3.05) is 40.0 Å². The monoisotopic (exact) mass is 304 g/mol. The number of nitrogens with zero attached hydrogens (tertiary/aromatic N) is 3. The van der Waals surface area contributed by atoms with E-state index in [-0.39, 0.29) is 24.8 Å². The van der Waals surface area contributed by atoms with E-state index in [1.165, 1.54) is 6.07 Å². The molecule has 1 fully saturated rings. The Balaban J connectivity index is 2.06. The van der Waals surface area contributed by atoms with E-state index in [4.69, 9.17) is 10.00 Å². The van der Waals surface area contributed by atoms with Gasteiger partial charge in [-0.25, -0.2) is 4.98 Å². The molecule has 0 aliphatic carbocycles. The zero-order valence-corrected chi connectivity index (χ0v) is 12.8. The number of rotatable bonds is 4. The number of amides is 1. The molecule has 1 saturated heterocycles. The molecule has 2 heterocycles. The number of nitriles is 1. The molecule has 0 radical (unpaired) electrons. The minimum absolute atomic E-state index is 0.108. The van der Waals surface area contributed by atoms with Crippen molar-refractivity contribution in [2.24, 2.45) is 0 Å². The zero-order valence-electron chi connectivity index (χ0n) is 12.8. The van der Waals surface area contributed by atoms with E-state index < -0.39 is 5.54 Å². The molecular formula is C15H20N4O3. The lowest BCUT2D eigenvalue weighted by Crippen LogP contribution is -2.63. The Hall–Kier alpha value is -2.01. The van der Waals surface area contributed by atoms with Crippen molar-refractivity contribution in [3.05, 3.63) is 29.1 Å². The number of aliphatic hydroxyl groups excluding tert-OH is 1. The van der Waals surface area contributed by atoms with Crippen LogP contribution in [0.1, 0.15) is 21.7 Å². The summed E-state index contributed by atoms with van der Waals surface area (Å²) >= 11 is 0. The van der Waals surface area contributed by atoms with E-state index in [0.717, 1.165) is 0 Å². The summed E-state index contributed by atoms with van der Waals surface area (Å²) in [5, 5.41) is 21.4. The number of aliphatic hydroxyl groups is 1. The van der Waals surface area contributed by atoms with Gasteiger partial charge in [-0.05, 0) is 26.1 Å². The number of ether oxygens (including phenoxy) is 1. The second-order valence-electron chi connectivity index (χ2n) is 5.48. The number of hydrogen-bond donors (Lipinski definition) is 2. The van der Waals surface area contributed by atoms with Crippen LogP contribution in [0, 0.1) is 18.3 Å². The van der Waals surface area contributed by atoms with E-state index in [9.17, 15) is 9.90 Å². The van der Waals surface area contributed by atoms with E-state index >= 15 is 0 Å². The Kier molecular flexibility index (Phi) is 5.08. The first kappa shape index (κ1) is 16.4. The van der Waals surface area contributed by atoms with Crippen LogP contribution >= 0.6 is 0 Å². The van der Waals surface area contributed by atoms with Crippen LogP contribution < -0.4 is 5.32 Å². The molecule has 0 spiro atoms. The van der Waals surface area contributed by atoms with Crippen molar-refractivity contribution in [1.82, 2.24) is 15.2 Å². The van der Waals surface area contributed by atoms with Crippen LogP contribution in [-0.4, -0.2) is 66.4 Å². The van der Waals surface area contributed by atoms with E-state index in [0.29, 0.717) is 31.0 Å². The van der Waals surface area contributed by atoms with Crippen LogP contribution in [0.5, 0.6) is 0 Å². The van der Waals surface area contributed by atoms with Crippen LogP contribution in [0.2, 0.25) is 0 Å². The fourth-order valence-corrected chi connectivity index (χ4v) is 2.36. The molecule has 0 aromatic carbocycles. The molecular weight excluding hydrogens is 284 g/mol. The third-order valence-electron chi connectivity index (χ3n) is 4.06. The van der Waals surface area contributed by atoms with E-state index in [2.05, 4.69) is 10.3 Å². The van der Waals surface area contributed by atoms with Crippen molar-refractivity contribution >= 4 is 5.91 Å². The van der Waals surface area contributed by atoms with Gasteiger partial charge in [0.05, 0.1) is 36.6 Å². The molecule has 7 nitrogen and oxygen atoms in total. The highest BCUT2D eigenvalue weighted by Gasteiger charge is 2.37. The minimum atomic E-state index is -0.616. The van der Waals surface area contributed by atoms with Gasteiger partial charge in [-0.3, -0.25) is 9.69 Å². The van der Waals surface area contributed by atoms with Crippen molar-refractivity contribution in [1.29, 1.82) is 5.26 Å². The van der Waals surface area contributed by atoms with Gasteiger partial charge >= 0.3 is 0 Å². The lowest BCUT2D eigenvalue weighted by Gasteiger charge is -2.43. The summed E-state index contributed by atoms with van der Waals surface area (Å²) in [6.45, 7) is 3.52. The molecule has 1 unspecified atom stereocenters. The summed E-state index contributed by atoms with van der Waals surface area (Å²) in [4.78, 5) is 18.3. The van der Waals surface area contributed by atoms with Crippen LogP contribution in [0.3, 0.4) is 0 Å². The summed E-state index contributed by atoms with van der Waals surface area (Å²) in [5.74, 6) is -0.334. The van der Waals surface area contributed by atoms with Crippen LogP contribution in [0.15, 0.2) is 12.1 Å². The number of carbonyl (C=O) groups is 1. The highest BCUT2D eigenvalue weighted by molar-refractivity contribution is 5.92. The van der Waals surface area contributed by atoms with E-state index in [1.807, 2.05) is 18.0 Å². The molecule has 1 aromatic rings. The molecule has 22 heavy (non-hydrogen) atoms. The fourth-order valence-electron chi connectivity index (χ4n) is 2.36. The van der Waals surface area contributed by atoms with Gasteiger partial charge < -0.3 is 15.2 Å². The lowest BCUT2D eigenvalue weighted by atomic mass is 9.98. The fraction of sp³-hybridized carbons (Fsp3) is 0.533. The number of pyridine rings is 1. The second-order valence-corrected chi connectivity index (χ2v) is 5.48. The molecule has 1 aliphatic heterocycles. The third kappa shape index (κ3) is 3.25. The molecule has 0 bridgehead atoms. The van der Waals surface area contributed by atoms with Crippen molar-refractivity contribution in [3.8, 4) is 6.07 Å². The van der Waals surface area contributed by atoms with E-state index in [1.54, 1.807) is 13.0 Å². The summed E-state index contributed by atoms with van der Waals surface area (Å²) in [7, 11) is 1.90. The number of likely N-dealkylation sites (N-methyl/N-ethyl adjacent to an activating group) is 1. The first-order chi connectivity index (χ1) is 10.5. The Morgan fingerprint density at radius 3 is 3.00 bits per heavy atom. The summed E-state index contributed by atoms with van der Waals surface area (Å²) in [6.07, 6.45) is 0. The van der Waals surface area contributed by atoms with Gasteiger partial charge in [-0.1, -0.05) is 0 Å². The Morgan fingerprint density at radius 1 is 1.64 bits per heavy atom. The molecule has 1 aromatic heterocycles. The van der Waals surface area contributed by atoms with Crippen molar-refractivity contribution in [3.63, 3.8) is 0 Å². The number of hydrogen-bond acceptors (Lipinski definition) is 6. The van der Waals surface area contributed by atoms with Crippen molar-refractivity contribution in [2.45, 2.75) is 12.5 Å². The molecule has 1 atom stereocenters.